The van der Waals surface area contributed by atoms with Crippen molar-refractivity contribution in [3.05, 3.63) is 29.8 Å². The van der Waals surface area contributed by atoms with E-state index in [9.17, 15) is 13.6 Å². The van der Waals surface area contributed by atoms with E-state index in [1.807, 2.05) is 0 Å². The van der Waals surface area contributed by atoms with Crippen LogP contribution < -0.4 is 11.1 Å². The fourth-order valence-electron chi connectivity index (χ4n) is 0.994. The highest BCUT2D eigenvalue weighted by atomic mass is 19.2. The molecular formula is C10H12F2N2O. The van der Waals surface area contributed by atoms with Crippen LogP contribution in [0.15, 0.2) is 18.2 Å². The SMILES string of the molecule is CC[C@H](N)C(=O)Nc1ccc(F)c(F)c1. The minimum absolute atomic E-state index is 0.197. The first-order chi connectivity index (χ1) is 7.04. The van der Waals surface area contributed by atoms with Gasteiger partial charge in [0.1, 0.15) is 0 Å². The molecule has 0 radical (unpaired) electrons. The van der Waals surface area contributed by atoms with Crippen molar-refractivity contribution in [2.75, 3.05) is 5.32 Å². The minimum atomic E-state index is -1.00. The Hall–Kier alpha value is -1.49. The quantitative estimate of drug-likeness (QED) is 0.803. The monoisotopic (exact) mass is 214 g/mol. The lowest BCUT2D eigenvalue weighted by atomic mass is 10.2. The topological polar surface area (TPSA) is 55.1 Å². The maximum atomic E-state index is 12.8. The predicted octanol–water partition coefficient (Wildman–Crippen LogP) is 1.64. The lowest BCUT2D eigenvalue weighted by Crippen LogP contribution is -2.34. The third-order valence-corrected chi connectivity index (χ3v) is 1.96. The number of amides is 1. The second kappa shape index (κ2) is 4.84. The van der Waals surface area contributed by atoms with Crippen LogP contribution in [-0.4, -0.2) is 11.9 Å². The van der Waals surface area contributed by atoms with Crippen molar-refractivity contribution in [3.8, 4) is 0 Å². The second-order valence-electron chi connectivity index (χ2n) is 3.13. The molecule has 0 aromatic heterocycles. The normalized spacial score (nSPS) is 12.3. The molecule has 0 aliphatic heterocycles. The van der Waals surface area contributed by atoms with Crippen LogP contribution in [-0.2, 0) is 4.79 Å². The van der Waals surface area contributed by atoms with E-state index in [0.29, 0.717) is 6.42 Å². The number of hydrogen-bond acceptors (Lipinski definition) is 2. The Labute approximate surface area is 86.3 Å². The van der Waals surface area contributed by atoms with E-state index < -0.39 is 23.6 Å². The van der Waals surface area contributed by atoms with Crippen LogP contribution in [0.2, 0.25) is 0 Å². The number of nitrogens with one attached hydrogen (secondary N) is 1. The average molecular weight is 214 g/mol. The molecule has 1 aromatic rings. The molecule has 1 atom stereocenters. The van der Waals surface area contributed by atoms with E-state index in [0.717, 1.165) is 12.1 Å². The molecule has 0 fully saturated rings. The number of carbonyl (C=O) groups is 1. The number of nitrogens with two attached hydrogens (primary N) is 1. The smallest absolute Gasteiger partial charge is 0.241 e. The average Bonchev–Trinajstić information content (AvgIpc) is 2.22. The fraction of sp³-hybridized carbons (Fsp3) is 0.300. The molecule has 0 saturated heterocycles. The van der Waals surface area contributed by atoms with Crippen molar-refractivity contribution >= 4 is 11.6 Å². The van der Waals surface area contributed by atoms with E-state index in [1.54, 1.807) is 6.92 Å². The third kappa shape index (κ3) is 2.99. The maximum absolute atomic E-state index is 12.8. The highest BCUT2D eigenvalue weighted by molar-refractivity contribution is 5.94. The van der Waals surface area contributed by atoms with Crippen LogP contribution in [0, 0.1) is 11.6 Å². The first kappa shape index (κ1) is 11.6. The molecule has 3 nitrogen and oxygen atoms in total. The van der Waals surface area contributed by atoms with E-state index in [-0.39, 0.29) is 5.69 Å². The van der Waals surface area contributed by atoms with Crippen LogP contribution in [0.4, 0.5) is 14.5 Å². The van der Waals surface area contributed by atoms with E-state index in [2.05, 4.69) is 5.32 Å². The van der Waals surface area contributed by atoms with E-state index >= 15 is 0 Å². The summed E-state index contributed by atoms with van der Waals surface area (Å²) >= 11 is 0. The largest absolute Gasteiger partial charge is 0.325 e. The van der Waals surface area contributed by atoms with Crippen LogP contribution >= 0.6 is 0 Å². The Morgan fingerprint density at radius 1 is 1.47 bits per heavy atom. The molecule has 0 aliphatic rings. The van der Waals surface area contributed by atoms with E-state index in [4.69, 9.17) is 5.73 Å². The van der Waals surface area contributed by atoms with Gasteiger partial charge in [-0.3, -0.25) is 4.79 Å². The van der Waals surface area contributed by atoms with Gasteiger partial charge in [-0.2, -0.15) is 0 Å². The number of anilines is 1. The first-order valence-corrected chi connectivity index (χ1v) is 4.56. The maximum Gasteiger partial charge on any atom is 0.241 e. The summed E-state index contributed by atoms with van der Waals surface area (Å²) in [6, 6.07) is 2.50. The van der Waals surface area contributed by atoms with Gasteiger partial charge < -0.3 is 11.1 Å². The molecule has 15 heavy (non-hydrogen) atoms. The van der Waals surface area contributed by atoms with Gasteiger partial charge in [-0.1, -0.05) is 6.92 Å². The van der Waals surface area contributed by atoms with Crippen molar-refractivity contribution in [1.29, 1.82) is 0 Å². The molecule has 0 heterocycles. The molecule has 1 amide bonds. The zero-order valence-corrected chi connectivity index (χ0v) is 8.26. The zero-order valence-electron chi connectivity index (χ0n) is 8.26. The Morgan fingerprint density at radius 2 is 2.13 bits per heavy atom. The van der Waals surface area contributed by atoms with Crippen molar-refractivity contribution in [1.82, 2.24) is 0 Å². The number of benzene rings is 1. The van der Waals surface area contributed by atoms with Crippen molar-refractivity contribution < 1.29 is 13.6 Å². The van der Waals surface area contributed by atoms with Gasteiger partial charge in [0, 0.05) is 11.8 Å². The Balaban J connectivity index is 2.73. The predicted molar refractivity (Wildman–Crippen MR) is 53.3 cm³/mol. The first-order valence-electron chi connectivity index (χ1n) is 4.56. The van der Waals surface area contributed by atoms with Gasteiger partial charge in [0.05, 0.1) is 6.04 Å². The lowest BCUT2D eigenvalue weighted by molar-refractivity contribution is -0.117. The second-order valence-corrected chi connectivity index (χ2v) is 3.13. The number of rotatable bonds is 3. The molecular weight excluding hydrogens is 202 g/mol. The fourth-order valence-corrected chi connectivity index (χ4v) is 0.994. The minimum Gasteiger partial charge on any atom is -0.325 e. The Kier molecular flexibility index (Phi) is 3.74. The third-order valence-electron chi connectivity index (χ3n) is 1.96. The highest BCUT2D eigenvalue weighted by Crippen LogP contribution is 2.13. The molecule has 0 saturated carbocycles. The molecule has 0 unspecified atom stereocenters. The van der Waals surface area contributed by atoms with Gasteiger partial charge in [0.15, 0.2) is 11.6 Å². The summed E-state index contributed by atoms with van der Waals surface area (Å²) in [6.07, 6.45) is 0.482. The van der Waals surface area contributed by atoms with Gasteiger partial charge in [0.2, 0.25) is 5.91 Å². The summed E-state index contributed by atoms with van der Waals surface area (Å²) in [6.45, 7) is 1.76. The summed E-state index contributed by atoms with van der Waals surface area (Å²) in [4.78, 5) is 11.3. The Bertz CT molecular complexity index is 368. The molecule has 0 aliphatic carbocycles. The molecule has 82 valence electrons. The number of halogens is 2. The van der Waals surface area contributed by atoms with Crippen molar-refractivity contribution in [2.45, 2.75) is 19.4 Å². The van der Waals surface area contributed by atoms with E-state index in [1.165, 1.54) is 6.07 Å². The summed E-state index contributed by atoms with van der Waals surface area (Å²) in [7, 11) is 0. The summed E-state index contributed by atoms with van der Waals surface area (Å²) in [5.41, 5.74) is 5.65. The summed E-state index contributed by atoms with van der Waals surface area (Å²) in [5.74, 6) is -2.37. The number of carbonyl (C=O) groups excluding carboxylic acids is 1. The standard InChI is InChI=1S/C10H12F2N2O/c1-2-9(13)10(15)14-6-3-4-7(11)8(12)5-6/h3-5,9H,2,13H2,1H3,(H,14,15)/t9-/m0/s1. The molecule has 0 spiro atoms. The van der Waals surface area contributed by atoms with Gasteiger partial charge in [0.25, 0.3) is 0 Å². The molecule has 5 heteroatoms. The van der Waals surface area contributed by atoms with Gasteiger partial charge in [-0.25, -0.2) is 8.78 Å². The Morgan fingerprint density at radius 3 is 2.67 bits per heavy atom. The summed E-state index contributed by atoms with van der Waals surface area (Å²) < 4.78 is 25.3. The molecule has 1 aromatic carbocycles. The van der Waals surface area contributed by atoms with Gasteiger partial charge in [-0.05, 0) is 18.6 Å². The van der Waals surface area contributed by atoms with Crippen LogP contribution in [0.5, 0.6) is 0 Å². The molecule has 0 bridgehead atoms. The van der Waals surface area contributed by atoms with Crippen molar-refractivity contribution in [2.24, 2.45) is 5.73 Å². The van der Waals surface area contributed by atoms with Crippen molar-refractivity contribution in [3.63, 3.8) is 0 Å². The van der Waals surface area contributed by atoms with Gasteiger partial charge >= 0.3 is 0 Å². The molecule has 3 N–H and O–H groups in total. The number of hydrogen-bond donors (Lipinski definition) is 2. The molecule has 1 rings (SSSR count). The van der Waals surface area contributed by atoms with Gasteiger partial charge in [-0.15, -0.1) is 0 Å². The van der Waals surface area contributed by atoms with Crippen LogP contribution in [0.25, 0.3) is 0 Å². The van der Waals surface area contributed by atoms with Crippen LogP contribution in [0.3, 0.4) is 0 Å². The van der Waals surface area contributed by atoms with Crippen LogP contribution in [0.1, 0.15) is 13.3 Å². The highest BCUT2D eigenvalue weighted by Gasteiger charge is 2.11. The lowest BCUT2D eigenvalue weighted by Gasteiger charge is -2.09. The zero-order chi connectivity index (χ0) is 11.4. The summed E-state index contributed by atoms with van der Waals surface area (Å²) in [5, 5.41) is 2.39.